The van der Waals surface area contributed by atoms with Crippen LogP contribution in [0.25, 0.3) is 0 Å². The Morgan fingerprint density at radius 3 is 2.32 bits per heavy atom. The molecule has 0 aromatic heterocycles. The third-order valence-corrected chi connectivity index (χ3v) is 3.42. The Hall–Kier alpha value is -1.37. The van der Waals surface area contributed by atoms with Crippen molar-refractivity contribution in [1.82, 2.24) is 5.32 Å². The van der Waals surface area contributed by atoms with Crippen LogP contribution < -0.4 is 5.32 Å². The molecule has 104 valence electrons. The van der Waals surface area contributed by atoms with E-state index in [4.69, 9.17) is 5.26 Å². The monoisotopic (exact) mass is 260 g/mol. The molecule has 0 saturated heterocycles. The van der Waals surface area contributed by atoms with Crippen LogP contribution in [0.1, 0.15) is 38.8 Å². The van der Waals surface area contributed by atoms with Crippen molar-refractivity contribution in [2.24, 2.45) is 11.3 Å². The van der Waals surface area contributed by atoms with E-state index in [1.54, 1.807) is 0 Å². The largest absolute Gasteiger partial charge is 0.392 e. The minimum atomic E-state index is -0.319. The molecule has 1 rings (SSSR count). The highest BCUT2D eigenvalue weighted by Gasteiger charge is 2.29. The average molecular weight is 260 g/mol. The number of benzene rings is 1. The van der Waals surface area contributed by atoms with Crippen LogP contribution in [-0.2, 0) is 6.54 Å². The maximum absolute atomic E-state index is 10.1. The molecule has 0 amide bonds. The summed E-state index contributed by atoms with van der Waals surface area (Å²) in [5, 5.41) is 22.2. The first-order valence-corrected chi connectivity index (χ1v) is 6.74. The van der Waals surface area contributed by atoms with Crippen molar-refractivity contribution in [2.45, 2.75) is 40.3 Å². The lowest BCUT2D eigenvalue weighted by Crippen LogP contribution is -2.41. The molecule has 3 heteroatoms. The molecule has 19 heavy (non-hydrogen) atoms. The lowest BCUT2D eigenvalue weighted by molar-refractivity contribution is 0.0134. The van der Waals surface area contributed by atoms with Crippen molar-refractivity contribution in [2.75, 3.05) is 6.54 Å². The van der Waals surface area contributed by atoms with Crippen molar-refractivity contribution < 1.29 is 5.11 Å². The van der Waals surface area contributed by atoms with E-state index >= 15 is 0 Å². The third kappa shape index (κ3) is 4.66. The van der Waals surface area contributed by atoms with Gasteiger partial charge in [0.15, 0.2) is 0 Å². The first-order valence-electron chi connectivity index (χ1n) is 6.74. The summed E-state index contributed by atoms with van der Waals surface area (Å²) in [7, 11) is 0. The van der Waals surface area contributed by atoms with E-state index in [9.17, 15) is 5.11 Å². The Labute approximate surface area is 116 Å². The molecule has 0 aliphatic carbocycles. The summed E-state index contributed by atoms with van der Waals surface area (Å²) in [4.78, 5) is 0. The van der Waals surface area contributed by atoms with Gasteiger partial charge in [-0.25, -0.2) is 0 Å². The van der Waals surface area contributed by atoms with Gasteiger partial charge in [0, 0.05) is 18.5 Å². The molecule has 0 fully saturated rings. The van der Waals surface area contributed by atoms with Gasteiger partial charge in [-0.2, -0.15) is 5.26 Å². The van der Waals surface area contributed by atoms with E-state index in [2.05, 4.69) is 25.2 Å². The average Bonchev–Trinajstić information content (AvgIpc) is 2.38. The van der Waals surface area contributed by atoms with E-state index in [0.717, 1.165) is 18.7 Å². The molecule has 3 nitrogen and oxygen atoms in total. The molecule has 0 aliphatic rings. The SMILES string of the molecule is CC(C)C(O)C(C)(C)CNCc1ccc(C#N)cc1. The number of nitrogens with one attached hydrogen (secondary N) is 1. The Balaban J connectivity index is 2.47. The molecule has 1 atom stereocenters. The Bertz CT molecular complexity index is 429. The van der Waals surface area contributed by atoms with E-state index in [-0.39, 0.29) is 17.4 Å². The van der Waals surface area contributed by atoms with Gasteiger partial charge in [-0.1, -0.05) is 39.8 Å². The number of hydrogen-bond acceptors (Lipinski definition) is 3. The molecule has 1 aromatic carbocycles. The smallest absolute Gasteiger partial charge is 0.0991 e. The second-order valence-electron chi connectivity index (χ2n) is 6.09. The van der Waals surface area contributed by atoms with E-state index in [1.165, 1.54) is 0 Å². The predicted octanol–water partition coefficient (Wildman–Crippen LogP) is 2.69. The second-order valence-corrected chi connectivity index (χ2v) is 6.09. The molecule has 0 heterocycles. The maximum Gasteiger partial charge on any atom is 0.0991 e. The summed E-state index contributed by atoms with van der Waals surface area (Å²) in [5.41, 5.74) is 1.67. The first kappa shape index (κ1) is 15.7. The fourth-order valence-corrected chi connectivity index (χ4v) is 2.23. The van der Waals surface area contributed by atoms with Crippen LogP contribution in [0, 0.1) is 22.7 Å². The summed E-state index contributed by atoms with van der Waals surface area (Å²) in [6, 6.07) is 9.67. The Kier molecular flexibility index (Phi) is 5.53. The van der Waals surface area contributed by atoms with Gasteiger partial charge in [0.1, 0.15) is 0 Å². The van der Waals surface area contributed by atoms with E-state index < -0.39 is 0 Å². The van der Waals surface area contributed by atoms with Gasteiger partial charge in [-0.05, 0) is 23.6 Å². The molecular formula is C16H24N2O. The number of rotatable bonds is 6. The number of hydrogen-bond donors (Lipinski definition) is 2. The van der Waals surface area contributed by atoms with Crippen molar-refractivity contribution in [1.29, 1.82) is 5.26 Å². The molecular weight excluding hydrogens is 236 g/mol. The summed E-state index contributed by atoms with van der Waals surface area (Å²) < 4.78 is 0. The molecule has 1 aromatic rings. The van der Waals surface area contributed by atoms with Crippen LogP contribution >= 0.6 is 0 Å². The summed E-state index contributed by atoms with van der Waals surface area (Å²) in [6.45, 7) is 9.72. The molecule has 0 bridgehead atoms. The second kappa shape index (κ2) is 6.70. The molecule has 0 radical (unpaired) electrons. The standard InChI is InChI=1S/C16H24N2O/c1-12(2)15(19)16(3,4)11-18-10-14-7-5-13(9-17)6-8-14/h5-8,12,15,18-19H,10-11H2,1-4H3. The van der Waals surface area contributed by atoms with Crippen LogP contribution in [-0.4, -0.2) is 17.8 Å². The van der Waals surface area contributed by atoms with Gasteiger partial charge in [0.2, 0.25) is 0 Å². The highest BCUT2D eigenvalue weighted by Crippen LogP contribution is 2.25. The highest BCUT2D eigenvalue weighted by molar-refractivity contribution is 5.31. The topological polar surface area (TPSA) is 56.0 Å². The molecule has 2 N–H and O–H groups in total. The van der Waals surface area contributed by atoms with Gasteiger partial charge >= 0.3 is 0 Å². The zero-order valence-electron chi connectivity index (χ0n) is 12.3. The third-order valence-electron chi connectivity index (χ3n) is 3.42. The van der Waals surface area contributed by atoms with Crippen LogP contribution in [0.5, 0.6) is 0 Å². The quantitative estimate of drug-likeness (QED) is 0.827. The first-order chi connectivity index (χ1) is 8.86. The predicted molar refractivity (Wildman–Crippen MR) is 77.5 cm³/mol. The fourth-order valence-electron chi connectivity index (χ4n) is 2.23. The lowest BCUT2D eigenvalue weighted by Gasteiger charge is -2.33. The molecule has 0 aliphatic heterocycles. The van der Waals surface area contributed by atoms with Gasteiger partial charge in [0.05, 0.1) is 17.7 Å². The number of nitrogens with zero attached hydrogens (tertiary/aromatic N) is 1. The van der Waals surface area contributed by atoms with Crippen LogP contribution in [0.2, 0.25) is 0 Å². The zero-order chi connectivity index (χ0) is 14.5. The van der Waals surface area contributed by atoms with E-state index in [1.807, 2.05) is 38.1 Å². The number of aliphatic hydroxyl groups is 1. The van der Waals surface area contributed by atoms with Crippen LogP contribution in [0.4, 0.5) is 0 Å². The molecule has 0 saturated carbocycles. The Morgan fingerprint density at radius 2 is 1.84 bits per heavy atom. The zero-order valence-corrected chi connectivity index (χ0v) is 12.3. The fraction of sp³-hybridized carbons (Fsp3) is 0.562. The highest BCUT2D eigenvalue weighted by atomic mass is 16.3. The maximum atomic E-state index is 10.1. The van der Waals surface area contributed by atoms with Gasteiger partial charge in [0.25, 0.3) is 0 Å². The van der Waals surface area contributed by atoms with E-state index in [0.29, 0.717) is 5.56 Å². The van der Waals surface area contributed by atoms with Crippen molar-refractivity contribution >= 4 is 0 Å². The van der Waals surface area contributed by atoms with Crippen LogP contribution in [0.15, 0.2) is 24.3 Å². The normalized spacial score (nSPS) is 13.3. The Morgan fingerprint density at radius 1 is 1.26 bits per heavy atom. The lowest BCUT2D eigenvalue weighted by atomic mass is 9.80. The summed E-state index contributed by atoms with van der Waals surface area (Å²) >= 11 is 0. The molecule has 1 unspecified atom stereocenters. The number of nitriles is 1. The summed E-state index contributed by atoms with van der Waals surface area (Å²) in [6.07, 6.45) is -0.319. The minimum Gasteiger partial charge on any atom is -0.392 e. The minimum absolute atomic E-state index is 0.152. The van der Waals surface area contributed by atoms with Crippen molar-refractivity contribution in [3.05, 3.63) is 35.4 Å². The van der Waals surface area contributed by atoms with Gasteiger partial charge in [-0.3, -0.25) is 0 Å². The van der Waals surface area contributed by atoms with Crippen molar-refractivity contribution in [3.8, 4) is 6.07 Å². The summed E-state index contributed by atoms with van der Waals surface area (Å²) in [5.74, 6) is 0.256. The van der Waals surface area contributed by atoms with Gasteiger partial charge < -0.3 is 10.4 Å². The number of aliphatic hydroxyl groups excluding tert-OH is 1. The van der Waals surface area contributed by atoms with Gasteiger partial charge in [-0.15, -0.1) is 0 Å². The molecule has 0 spiro atoms. The van der Waals surface area contributed by atoms with Crippen molar-refractivity contribution in [3.63, 3.8) is 0 Å². The van der Waals surface area contributed by atoms with Crippen LogP contribution in [0.3, 0.4) is 0 Å².